The van der Waals surface area contributed by atoms with Gasteiger partial charge < -0.3 is 20.5 Å². The Bertz CT molecular complexity index is 907. The highest BCUT2D eigenvalue weighted by Gasteiger charge is 2.32. The van der Waals surface area contributed by atoms with Crippen LogP contribution in [0.2, 0.25) is 0 Å². The number of carbonyl (C=O) groups is 2. The SMILES string of the molecule is COc1ncc(-c2cnc(N(C(=O)NCC(F)F)C3CCC(OC(N)=O)CC3)cn2)cn1. The van der Waals surface area contributed by atoms with Crippen LogP contribution < -0.4 is 20.7 Å². The second-order valence-corrected chi connectivity index (χ2v) is 7.03. The maximum absolute atomic E-state index is 12.7. The van der Waals surface area contributed by atoms with E-state index in [2.05, 4.69) is 25.3 Å². The van der Waals surface area contributed by atoms with Crippen LogP contribution in [0.1, 0.15) is 25.7 Å². The van der Waals surface area contributed by atoms with Gasteiger partial charge in [0.2, 0.25) is 0 Å². The first-order valence-electron chi connectivity index (χ1n) is 9.87. The molecule has 0 unspecified atom stereocenters. The fourth-order valence-corrected chi connectivity index (χ4v) is 3.44. The first-order chi connectivity index (χ1) is 15.4. The van der Waals surface area contributed by atoms with E-state index < -0.39 is 25.1 Å². The average molecular weight is 451 g/mol. The number of alkyl halides is 2. The Kier molecular flexibility index (Phi) is 7.63. The zero-order valence-corrected chi connectivity index (χ0v) is 17.3. The lowest BCUT2D eigenvalue weighted by Crippen LogP contribution is -2.49. The Morgan fingerprint density at radius 1 is 1.12 bits per heavy atom. The molecule has 172 valence electrons. The molecule has 1 aliphatic carbocycles. The molecule has 0 bridgehead atoms. The summed E-state index contributed by atoms with van der Waals surface area (Å²) in [6.07, 6.45) is 3.84. The van der Waals surface area contributed by atoms with Gasteiger partial charge >= 0.3 is 18.1 Å². The lowest BCUT2D eigenvalue weighted by Gasteiger charge is -2.35. The summed E-state index contributed by atoms with van der Waals surface area (Å²) in [5.41, 5.74) is 6.11. The number of methoxy groups -OCH3 is 1. The van der Waals surface area contributed by atoms with Gasteiger partial charge in [0.05, 0.1) is 31.7 Å². The number of nitrogens with two attached hydrogens (primary N) is 1. The third-order valence-electron chi connectivity index (χ3n) is 4.91. The van der Waals surface area contributed by atoms with Crippen molar-refractivity contribution in [1.29, 1.82) is 0 Å². The molecule has 3 amide bonds. The van der Waals surface area contributed by atoms with Gasteiger partial charge in [-0.05, 0) is 25.7 Å². The topological polar surface area (TPSA) is 145 Å². The molecular formula is C19H23F2N7O4. The summed E-state index contributed by atoms with van der Waals surface area (Å²) in [4.78, 5) is 41.6. The van der Waals surface area contributed by atoms with E-state index in [4.69, 9.17) is 15.2 Å². The van der Waals surface area contributed by atoms with E-state index in [0.29, 0.717) is 36.9 Å². The van der Waals surface area contributed by atoms with Gasteiger partial charge in [0.15, 0.2) is 5.82 Å². The number of anilines is 1. The minimum Gasteiger partial charge on any atom is -0.467 e. The van der Waals surface area contributed by atoms with Crippen molar-refractivity contribution >= 4 is 17.9 Å². The molecule has 32 heavy (non-hydrogen) atoms. The number of primary amides is 1. The van der Waals surface area contributed by atoms with Crippen LogP contribution in [-0.2, 0) is 4.74 Å². The van der Waals surface area contributed by atoms with Gasteiger partial charge in [-0.1, -0.05) is 0 Å². The van der Waals surface area contributed by atoms with Crippen LogP contribution in [0.3, 0.4) is 0 Å². The number of ether oxygens (including phenoxy) is 2. The number of urea groups is 1. The number of amides is 3. The van der Waals surface area contributed by atoms with E-state index >= 15 is 0 Å². The minimum absolute atomic E-state index is 0.203. The minimum atomic E-state index is -2.69. The summed E-state index contributed by atoms with van der Waals surface area (Å²) >= 11 is 0. The first kappa shape index (κ1) is 23.0. The van der Waals surface area contributed by atoms with Gasteiger partial charge in [0.1, 0.15) is 6.10 Å². The number of carbonyl (C=O) groups excluding carboxylic acids is 2. The quantitative estimate of drug-likeness (QED) is 0.651. The number of aromatic nitrogens is 4. The first-order valence-corrected chi connectivity index (χ1v) is 9.87. The Balaban J connectivity index is 1.78. The second-order valence-electron chi connectivity index (χ2n) is 7.03. The highest BCUT2D eigenvalue weighted by molar-refractivity contribution is 5.91. The summed E-state index contributed by atoms with van der Waals surface area (Å²) in [5.74, 6) is 0.203. The molecule has 1 fully saturated rings. The predicted molar refractivity (Wildman–Crippen MR) is 108 cm³/mol. The number of nitrogens with zero attached hydrogens (tertiary/aromatic N) is 5. The maximum atomic E-state index is 12.7. The van der Waals surface area contributed by atoms with Crippen molar-refractivity contribution in [2.75, 3.05) is 18.6 Å². The van der Waals surface area contributed by atoms with E-state index in [9.17, 15) is 18.4 Å². The van der Waals surface area contributed by atoms with Crippen LogP contribution in [0.25, 0.3) is 11.3 Å². The van der Waals surface area contributed by atoms with Gasteiger partial charge in [0, 0.05) is 24.0 Å². The van der Waals surface area contributed by atoms with Crippen LogP contribution >= 0.6 is 0 Å². The van der Waals surface area contributed by atoms with Crippen molar-refractivity contribution in [2.24, 2.45) is 5.73 Å². The molecule has 0 aliphatic heterocycles. The highest BCUT2D eigenvalue weighted by atomic mass is 19.3. The number of rotatable bonds is 7. The van der Waals surface area contributed by atoms with Crippen molar-refractivity contribution in [3.63, 3.8) is 0 Å². The molecule has 1 aliphatic rings. The molecule has 3 N–H and O–H groups in total. The molecule has 13 heteroatoms. The standard InChI is InChI=1S/C19H23F2N7O4/c1-31-18-25-6-11(7-26-18)14-8-24-16(10-23-14)28(19(30)27-9-15(20)21)12-2-4-13(5-3-12)32-17(22)29/h6-8,10,12-13,15H,2-5,9H2,1H3,(H2,22,29)(H,27,30). The van der Waals surface area contributed by atoms with Crippen LogP contribution in [0.4, 0.5) is 24.2 Å². The average Bonchev–Trinajstić information content (AvgIpc) is 2.79. The van der Waals surface area contributed by atoms with Gasteiger partial charge in [-0.15, -0.1) is 0 Å². The van der Waals surface area contributed by atoms with Crippen molar-refractivity contribution in [3.8, 4) is 17.3 Å². The van der Waals surface area contributed by atoms with Gasteiger partial charge in [0.25, 0.3) is 6.43 Å². The second kappa shape index (κ2) is 10.6. The van der Waals surface area contributed by atoms with Crippen LogP contribution in [0, 0.1) is 0 Å². The third kappa shape index (κ3) is 5.95. The molecule has 2 aromatic rings. The smallest absolute Gasteiger partial charge is 0.404 e. The van der Waals surface area contributed by atoms with E-state index in [-0.39, 0.29) is 24.0 Å². The number of nitrogens with one attached hydrogen (secondary N) is 1. The summed E-state index contributed by atoms with van der Waals surface area (Å²) in [7, 11) is 1.45. The summed E-state index contributed by atoms with van der Waals surface area (Å²) in [5, 5.41) is 2.21. The Hall–Kier alpha value is -3.64. The molecule has 0 spiro atoms. The van der Waals surface area contributed by atoms with Gasteiger partial charge in [-0.3, -0.25) is 9.88 Å². The molecule has 3 rings (SSSR count). The zero-order valence-electron chi connectivity index (χ0n) is 17.3. The van der Waals surface area contributed by atoms with Crippen LogP contribution in [0.15, 0.2) is 24.8 Å². The Morgan fingerprint density at radius 2 is 1.81 bits per heavy atom. The molecule has 0 aromatic carbocycles. The predicted octanol–water partition coefficient (Wildman–Crippen LogP) is 2.13. The van der Waals surface area contributed by atoms with Crippen molar-refractivity contribution in [2.45, 2.75) is 44.3 Å². The maximum Gasteiger partial charge on any atom is 0.404 e. The van der Waals surface area contributed by atoms with Crippen molar-refractivity contribution in [1.82, 2.24) is 25.3 Å². The normalized spacial score (nSPS) is 18.1. The van der Waals surface area contributed by atoms with Gasteiger partial charge in [-0.25, -0.2) is 33.3 Å². The summed E-state index contributed by atoms with van der Waals surface area (Å²) in [6, 6.07) is -0.847. The fraction of sp³-hybridized carbons (Fsp3) is 0.474. The highest BCUT2D eigenvalue weighted by Crippen LogP contribution is 2.28. The summed E-state index contributed by atoms with van der Waals surface area (Å²) < 4.78 is 35.2. The third-order valence-corrected chi connectivity index (χ3v) is 4.91. The van der Waals surface area contributed by atoms with E-state index in [0.717, 1.165) is 0 Å². The number of hydrogen-bond donors (Lipinski definition) is 2. The molecule has 1 saturated carbocycles. The van der Waals surface area contributed by atoms with E-state index in [1.54, 1.807) is 0 Å². The summed E-state index contributed by atoms with van der Waals surface area (Å²) in [6.45, 7) is -0.788. The Morgan fingerprint density at radius 3 is 2.34 bits per heavy atom. The number of hydrogen-bond acceptors (Lipinski definition) is 8. The lowest BCUT2D eigenvalue weighted by molar-refractivity contribution is 0.0786. The Labute approximate surface area is 182 Å². The monoisotopic (exact) mass is 451 g/mol. The molecule has 0 atom stereocenters. The number of halogens is 2. The molecule has 0 saturated heterocycles. The fourth-order valence-electron chi connectivity index (χ4n) is 3.44. The van der Waals surface area contributed by atoms with Crippen LogP contribution in [0.5, 0.6) is 6.01 Å². The van der Waals surface area contributed by atoms with Gasteiger partial charge in [-0.2, -0.15) is 0 Å². The van der Waals surface area contributed by atoms with Crippen molar-refractivity contribution < 1.29 is 27.8 Å². The molecule has 0 radical (unpaired) electrons. The van der Waals surface area contributed by atoms with E-state index in [1.165, 1.54) is 36.8 Å². The lowest BCUT2D eigenvalue weighted by atomic mass is 9.92. The molecular weight excluding hydrogens is 428 g/mol. The van der Waals surface area contributed by atoms with Crippen LogP contribution in [-0.4, -0.2) is 64.3 Å². The van der Waals surface area contributed by atoms with E-state index in [1.807, 2.05) is 0 Å². The largest absolute Gasteiger partial charge is 0.467 e. The van der Waals surface area contributed by atoms with Crippen molar-refractivity contribution in [3.05, 3.63) is 24.8 Å². The zero-order chi connectivity index (χ0) is 23.1. The molecule has 2 heterocycles. The molecule has 11 nitrogen and oxygen atoms in total. The molecule has 2 aromatic heterocycles.